The van der Waals surface area contributed by atoms with Crippen molar-refractivity contribution in [3.05, 3.63) is 45.6 Å². The molecular formula is C15H17N5OS2. The lowest BCUT2D eigenvalue weighted by atomic mass is 10.4. The Hall–Kier alpha value is -2.19. The number of hydrogen-bond acceptors (Lipinski definition) is 6. The molecule has 23 heavy (non-hydrogen) atoms. The number of hydrogen-bond donors (Lipinski definition) is 2. The topological polar surface area (TPSA) is 75.3 Å². The van der Waals surface area contributed by atoms with Crippen LogP contribution >= 0.6 is 22.7 Å². The minimum Gasteiger partial charge on any atom is -0.443 e. The molecule has 3 rings (SSSR count). The smallest absolute Gasteiger partial charge is 0.236 e. The summed E-state index contributed by atoms with van der Waals surface area (Å²) in [7, 11) is 1.74. The van der Waals surface area contributed by atoms with Crippen LogP contribution in [-0.4, -0.2) is 23.0 Å². The van der Waals surface area contributed by atoms with Crippen molar-refractivity contribution in [2.75, 3.05) is 7.05 Å². The first-order chi connectivity index (χ1) is 11.2. The number of aromatic nitrogens is 2. The first-order valence-electron chi connectivity index (χ1n) is 7.08. The Bertz CT molecular complexity index is 776. The summed E-state index contributed by atoms with van der Waals surface area (Å²) in [6.45, 7) is 3.19. The van der Waals surface area contributed by atoms with Gasteiger partial charge in [-0.3, -0.25) is 4.99 Å². The molecule has 0 atom stereocenters. The number of nitrogens with one attached hydrogen (secondary N) is 2. The van der Waals surface area contributed by atoms with Crippen LogP contribution in [0.2, 0.25) is 0 Å². The van der Waals surface area contributed by atoms with Crippen molar-refractivity contribution in [3.8, 4) is 10.8 Å². The fourth-order valence-electron chi connectivity index (χ4n) is 1.94. The van der Waals surface area contributed by atoms with Gasteiger partial charge in [-0.05, 0) is 18.4 Å². The molecule has 0 saturated heterocycles. The molecule has 0 bridgehead atoms. The molecule has 0 aliphatic rings. The second-order valence-electron chi connectivity index (χ2n) is 4.78. The van der Waals surface area contributed by atoms with Gasteiger partial charge in [-0.2, -0.15) is 0 Å². The van der Waals surface area contributed by atoms with E-state index < -0.39 is 0 Å². The van der Waals surface area contributed by atoms with E-state index in [2.05, 4.69) is 25.6 Å². The van der Waals surface area contributed by atoms with Gasteiger partial charge >= 0.3 is 0 Å². The van der Waals surface area contributed by atoms with Gasteiger partial charge in [0.05, 0.1) is 23.7 Å². The van der Waals surface area contributed by atoms with Crippen molar-refractivity contribution in [2.45, 2.75) is 20.0 Å². The largest absolute Gasteiger partial charge is 0.443 e. The van der Waals surface area contributed by atoms with Crippen molar-refractivity contribution in [2.24, 2.45) is 4.99 Å². The lowest BCUT2D eigenvalue weighted by molar-refractivity contribution is 0.573. The Morgan fingerprint density at radius 3 is 2.83 bits per heavy atom. The number of thiazole rings is 1. The van der Waals surface area contributed by atoms with Crippen LogP contribution in [0.15, 0.2) is 38.6 Å². The minimum atomic E-state index is 0.547. The van der Waals surface area contributed by atoms with E-state index in [-0.39, 0.29) is 0 Å². The number of rotatable bonds is 5. The molecule has 120 valence electrons. The molecular weight excluding hydrogens is 330 g/mol. The zero-order valence-corrected chi connectivity index (χ0v) is 14.5. The van der Waals surface area contributed by atoms with Crippen LogP contribution in [0.4, 0.5) is 0 Å². The van der Waals surface area contributed by atoms with E-state index >= 15 is 0 Å². The van der Waals surface area contributed by atoms with Gasteiger partial charge in [0.15, 0.2) is 5.96 Å². The summed E-state index contributed by atoms with van der Waals surface area (Å²) in [6, 6.07) is 3.97. The third-order valence-electron chi connectivity index (χ3n) is 3.02. The molecule has 3 aromatic rings. The number of aryl methyl sites for hydroxylation is 1. The molecule has 0 amide bonds. The molecule has 6 nitrogen and oxygen atoms in total. The van der Waals surface area contributed by atoms with Crippen LogP contribution in [-0.2, 0) is 13.1 Å². The van der Waals surface area contributed by atoms with E-state index in [4.69, 9.17) is 4.42 Å². The van der Waals surface area contributed by atoms with Gasteiger partial charge in [-0.25, -0.2) is 9.97 Å². The molecule has 0 saturated carbocycles. The predicted molar refractivity (Wildman–Crippen MR) is 93.7 cm³/mol. The maximum absolute atomic E-state index is 5.50. The maximum Gasteiger partial charge on any atom is 0.236 e. The number of aliphatic imine (C=N–C) groups is 1. The second kappa shape index (κ2) is 7.38. The highest BCUT2D eigenvalue weighted by Crippen LogP contribution is 2.23. The van der Waals surface area contributed by atoms with Crippen LogP contribution in [0.25, 0.3) is 10.8 Å². The van der Waals surface area contributed by atoms with Crippen LogP contribution in [0, 0.1) is 6.92 Å². The van der Waals surface area contributed by atoms with E-state index in [9.17, 15) is 0 Å². The molecule has 0 aliphatic carbocycles. The average molecular weight is 347 g/mol. The summed E-state index contributed by atoms with van der Waals surface area (Å²) in [4.78, 5) is 14.1. The monoisotopic (exact) mass is 347 g/mol. The van der Waals surface area contributed by atoms with Gasteiger partial charge in [-0.1, -0.05) is 6.07 Å². The molecule has 2 N–H and O–H groups in total. The molecule has 8 heteroatoms. The number of guanidine groups is 1. The van der Waals surface area contributed by atoms with Gasteiger partial charge < -0.3 is 15.1 Å². The van der Waals surface area contributed by atoms with Crippen LogP contribution in [0.3, 0.4) is 0 Å². The van der Waals surface area contributed by atoms with Gasteiger partial charge in [0.1, 0.15) is 11.3 Å². The van der Waals surface area contributed by atoms with E-state index in [0.29, 0.717) is 24.9 Å². The van der Waals surface area contributed by atoms with Gasteiger partial charge in [0, 0.05) is 18.1 Å². The lowest BCUT2D eigenvalue weighted by Gasteiger charge is -2.09. The SMILES string of the molecule is CN=C(NCc1coc(-c2cccs2)n1)NCc1nc(C)cs1. The number of thiophene rings is 1. The minimum absolute atomic E-state index is 0.547. The summed E-state index contributed by atoms with van der Waals surface area (Å²) in [6.07, 6.45) is 1.67. The zero-order chi connectivity index (χ0) is 16.1. The van der Waals surface area contributed by atoms with Crippen molar-refractivity contribution in [3.63, 3.8) is 0 Å². The summed E-state index contributed by atoms with van der Waals surface area (Å²) in [5, 5.41) is 11.5. The highest BCUT2D eigenvalue weighted by Gasteiger charge is 2.08. The first kappa shape index (κ1) is 15.7. The van der Waals surface area contributed by atoms with Crippen molar-refractivity contribution in [1.82, 2.24) is 20.6 Å². The summed E-state index contributed by atoms with van der Waals surface area (Å²) < 4.78 is 5.50. The maximum atomic E-state index is 5.50. The normalized spacial score (nSPS) is 11.7. The fourth-order valence-corrected chi connectivity index (χ4v) is 3.31. The fraction of sp³-hybridized carbons (Fsp3) is 0.267. The van der Waals surface area contributed by atoms with Crippen LogP contribution < -0.4 is 10.6 Å². The van der Waals surface area contributed by atoms with Gasteiger partial charge in [-0.15, -0.1) is 22.7 Å². The van der Waals surface area contributed by atoms with E-state index in [1.807, 2.05) is 29.8 Å². The lowest BCUT2D eigenvalue weighted by Crippen LogP contribution is -2.36. The highest BCUT2D eigenvalue weighted by atomic mass is 32.1. The zero-order valence-electron chi connectivity index (χ0n) is 12.9. The van der Waals surface area contributed by atoms with Crippen molar-refractivity contribution in [1.29, 1.82) is 0 Å². The number of nitrogens with zero attached hydrogens (tertiary/aromatic N) is 3. The predicted octanol–water partition coefficient (Wildman–Crippen LogP) is 3.03. The Kier molecular flexibility index (Phi) is 5.04. The molecule has 0 aliphatic heterocycles. The molecule has 3 heterocycles. The highest BCUT2D eigenvalue weighted by molar-refractivity contribution is 7.13. The summed E-state index contributed by atoms with van der Waals surface area (Å²) >= 11 is 3.24. The van der Waals surface area contributed by atoms with E-state index in [1.54, 1.807) is 36.0 Å². The molecule has 0 radical (unpaired) electrons. The molecule has 0 spiro atoms. The Balaban J connectivity index is 1.52. The average Bonchev–Trinajstić information content (AvgIpc) is 3.28. The Labute approximate surface area is 142 Å². The van der Waals surface area contributed by atoms with Gasteiger partial charge in [0.25, 0.3) is 0 Å². The third-order valence-corrected chi connectivity index (χ3v) is 4.84. The molecule has 3 aromatic heterocycles. The van der Waals surface area contributed by atoms with Crippen LogP contribution in [0.5, 0.6) is 0 Å². The van der Waals surface area contributed by atoms with Crippen molar-refractivity contribution < 1.29 is 4.42 Å². The quantitative estimate of drug-likeness (QED) is 0.548. The van der Waals surface area contributed by atoms with Crippen LogP contribution in [0.1, 0.15) is 16.4 Å². The third kappa shape index (κ3) is 4.17. The molecule has 0 aromatic carbocycles. The Morgan fingerprint density at radius 2 is 2.13 bits per heavy atom. The first-order valence-corrected chi connectivity index (χ1v) is 8.84. The second-order valence-corrected chi connectivity index (χ2v) is 6.67. The standard InChI is InChI=1S/C15H17N5OS2/c1-10-9-23-13(19-10)7-18-15(16-2)17-6-11-8-21-14(20-11)12-4-3-5-22-12/h3-5,8-9H,6-7H2,1-2H3,(H2,16,17,18). The van der Waals surface area contributed by atoms with E-state index in [0.717, 1.165) is 21.3 Å². The molecule has 0 fully saturated rings. The summed E-state index contributed by atoms with van der Waals surface area (Å²) in [5.41, 5.74) is 1.87. The number of oxazole rings is 1. The Morgan fingerprint density at radius 1 is 1.26 bits per heavy atom. The van der Waals surface area contributed by atoms with Crippen molar-refractivity contribution >= 4 is 28.6 Å². The molecule has 0 unspecified atom stereocenters. The van der Waals surface area contributed by atoms with E-state index in [1.165, 1.54) is 0 Å². The van der Waals surface area contributed by atoms with Gasteiger partial charge in [0.2, 0.25) is 5.89 Å². The summed E-state index contributed by atoms with van der Waals surface area (Å²) in [5.74, 6) is 1.36.